The zero-order valence-electron chi connectivity index (χ0n) is 28.9. The highest BCUT2D eigenvalue weighted by Crippen LogP contribution is 2.52. The van der Waals surface area contributed by atoms with Crippen LogP contribution in [0.4, 0.5) is 0 Å². The Balaban J connectivity index is 1.19. The number of hydrogen-bond donors (Lipinski definition) is 0. The molecule has 0 N–H and O–H groups in total. The lowest BCUT2D eigenvalue weighted by molar-refractivity contribution is 0.607. The summed E-state index contributed by atoms with van der Waals surface area (Å²) in [7, 11) is 0. The van der Waals surface area contributed by atoms with Gasteiger partial charge in [-0.2, -0.15) is 5.26 Å². The Bertz CT molecular complexity index is 2580. The van der Waals surface area contributed by atoms with E-state index in [2.05, 4.69) is 119 Å². The summed E-state index contributed by atoms with van der Waals surface area (Å²) < 4.78 is 0. The van der Waals surface area contributed by atoms with E-state index in [1.54, 1.807) is 11.8 Å². The van der Waals surface area contributed by atoms with Crippen LogP contribution in [-0.2, 0) is 10.8 Å². The van der Waals surface area contributed by atoms with E-state index in [4.69, 9.17) is 15.0 Å². The van der Waals surface area contributed by atoms with Crippen LogP contribution in [0.15, 0.2) is 143 Å². The largest absolute Gasteiger partial charge is 0.208 e. The maximum atomic E-state index is 9.95. The molecule has 7 aromatic rings. The number of nitrogens with zero attached hydrogens (tertiary/aromatic N) is 4. The molecular formula is C46H34N4S. The fourth-order valence-corrected chi connectivity index (χ4v) is 9.38. The SMILES string of the molecule is CC1(C)c2ccccc2-c2ccc(-c3nc(-c4ccccc4)nc(-c4ccccc4-c4ccc5c(c4)Sc4c(C#N)cccc4C5(C)C)n3)cc21. The first kappa shape index (κ1) is 31.2. The Morgan fingerprint density at radius 3 is 1.86 bits per heavy atom. The quantitative estimate of drug-likeness (QED) is 0.186. The molecule has 51 heavy (non-hydrogen) atoms. The van der Waals surface area contributed by atoms with Crippen molar-refractivity contribution in [1.29, 1.82) is 5.26 Å². The van der Waals surface area contributed by atoms with E-state index >= 15 is 0 Å². The van der Waals surface area contributed by atoms with Crippen molar-refractivity contribution in [3.63, 3.8) is 0 Å². The van der Waals surface area contributed by atoms with Gasteiger partial charge in [0.2, 0.25) is 0 Å². The van der Waals surface area contributed by atoms with Gasteiger partial charge in [-0.1, -0.05) is 155 Å². The van der Waals surface area contributed by atoms with E-state index in [0.29, 0.717) is 23.0 Å². The van der Waals surface area contributed by atoms with Crippen molar-refractivity contribution in [3.05, 3.63) is 161 Å². The number of rotatable bonds is 4. The van der Waals surface area contributed by atoms with Gasteiger partial charge < -0.3 is 0 Å². The number of hydrogen-bond acceptors (Lipinski definition) is 5. The van der Waals surface area contributed by atoms with Crippen molar-refractivity contribution >= 4 is 11.8 Å². The van der Waals surface area contributed by atoms with Gasteiger partial charge in [-0.05, 0) is 62.7 Å². The molecule has 244 valence electrons. The van der Waals surface area contributed by atoms with E-state index in [1.165, 1.54) is 33.4 Å². The zero-order chi connectivity index (χ0) is 34.9. The van der Waals surface area contributed by atoms with E-state index in [0.717, 1.165) is 37.6 Å². The fraction of sp³-hybridized carbons (Fsp3) is 0.130. The van der Waals surface area contributed by atoms with Crippen molar-refractivity contribution < 1.29 is 0 Å². The van der Waals surface area contributed by atoms with Crippen LogP contribution in [0.1, 0.15) is 55.5 Å². The monoisotopic (exact) mass is 674 g/mol. The van der Waals surface area contributed by atoms with Crippen molar-refractivity contribution in [1.82, 2.24) is 15.0 Å². The molecule has 9 rings (SSSR count). The van der Waals surface area contributed by atoms with Gasteiger partial charge in [0.05, 0.1) is 5.56 Å². The van der Waals surface area contributed by atoms with Gasteiger partial charge in [0.25, 0.3) is 0 Å². The summed E-state index contributed by atoms with van der Waals surface area (Å²) in [6.45, 7) is 9.08. The molecule has 5 heteroatoms. The Hall–Kier alpha value is -5.83. The molecule has 6 aromatic carbocycles. The minimum Gasteiger partial charge on any atom is -0.208 e. The summed E-state index contributed by atoms with van der Waals surface area (Å²) in [4.78, 5) is 17.6. The zero-order valence-corrected chi connectivity index (χ0v) is 29.7. The first-order valence-electron chi connectivity index (χ1n) is 17.3. The summed E-state index contributed by atoms with van der Waals surface area (Å²) in [5.41, 5.74) is 12.9. The molecule has 0 radical (unpaired) electrons. The normalized spacial score (nSPS) is 14.5. The molecule has 0 atom stereocenters. The Morgan fingerprint density at radius 2 is 1.08 bits per heavy atom. The molecule has 0 amide bonds. The molecule has 1 aromatic heterocycles. The molecule has 0 saturated carbocycles. The van der Waals surface area contributed by atoms with Gasteiger partial charge in [-0.25, -0.2) is 15.0 Å². The minimum absolute atomic E-state index is 0.139. The van der Waals surface area contributed by atoms with Crippen LogP contribution in [0.3, 0.4) is 0 Å². The molecule has 1 aliphatic carbocycles. The number of benzene rings is 6. The predicted octanol–water partition coefficient (Wildman–Crippen LogP) is 11.5. The van der Waals surface area contributed by atoms with Crippen molar-refractivity contribution in [3.8, 4) is 62.5 Å². The second-order valence-corrected chi connectivity index (χ2v) is 15.4. The third-order valence-corrected chi connectivity index (χ3v) is 11.9. The molecular weight excluding hydrogens is 641 g/mol. The van der Waals surface area contributed by atoms with Crippen LogP contribution in [0, 0.1) is 11.3 Å². The Kier molecular flexibility index (Phi) is 7.10. The second kappa shape index (κ2) is 11.6. The topological polar surface area (TPSA) is 62.5 Å². The lowest BCUT2D eigenvalue weighted by Crippen LogP contribution is -2.24. The smallest absolute Gasteiger partial charge is 0.164 e. The van der Waals surface area contributed by atoms with Crippen LogP contribution in [-0.4, -0.2) is 15.0 Å². The number of fused-ring (bicyclic) bond motifs is 5. The molecule has 4 nitrogen and oxygen atoms in total. The van der Waals surface area contributed by atoms with Crippen LogP contribution < -0.4 is 0 Å². The van der Waals surface area contributed by atoms with Gasteiger partial charge in [0.15, 0.2) is 17.5 Å². The van der Waals surface area contributed by atoms with Crippen molar-refractivity contribution in [2.75, 3.05) is 0 Å². The third kappa shape index (κ3) is 4.93. The molecule has 0 spiro atoms. The lowest BCUT2D eigenvalue weighted by atomic mass is 9.76. The van der Waals surface area contributed by atoms with Gasteiger partial charge in [-0.3, -0.25) is 0 Å². The number of aromatic nitrogens is 3. The minimum atomic E-state index is -0.236. The van der Waals surface area contributed by atoms with Crippen molar-refractivity contribution in [2.45, 2.75) is 48.3 Å². The maximum Gasteiger partial charge on any atom is 0.164 e. The fourth-order valence-electron chi connectivity index (χ4n) is 7.89. The lowest BCUT2D eigenvalue weighted by Gasteiger charge is -2.35. The van der Waals surface area contributed by atoms with Gasteiger partial charge >= 0.3 is 0 Å². The summed E-state index contributed by atoms with van der Waals surface area (Å²) >= 11 is 1.69. The molecule has 0 fully saturated rings. The summed E-state index contributed by atoms with van der Waals surface area (Å²) in [5, 5.41) is 9.95. The Morgan fingerprint density at radius 1 is 0.471 bits per heavy atom. The highest BCUT2D eigenvalue weighted by atomic mass is 32.2. The molecule has 0 saturated heterocycles. The maximum absolute atomic E-state index is 9.95. The predicted molar refractivity (Wildman–Crippen MR) is 207 cm³/mol. The van der Waals surface area contributed by atoms with Gasteiger partial charge in [0.1, 0.15) is 6.07 Å². The van der Waals surface area contributed by atoms with E-state index in [1.807, 2.05) is 48.5 Å². The second-order valence-electron chi connectivity index (χ2n) is 14.4. The third-order valence-electron chi connectivity index (χ3n) is 10.7. The van der Waals surface area contributed by atoms with E-state index in [9.17, 15) is 5.26 Å². The highest BCUT2D eigenvalue weighted by Gasteiger charge is 2.36. The Labute approximate surface area is 302 Å². The first-order valence-corrected chi connectivity index (χ1v) is 18.1. The van der Waals surface area contributed by atoms with Crippen molar-refractivity contribution in [2.24, 2.45) is 0 Å². The molecule has 2 heterocycles. The van der Waals surface area contributed by atoms with Gasteiger partial charge in [0, 0.05) is 37.3 Å². The van der Waals surface area contributed by atoms with E-state index in [-0.39, 0.29) is 10.8 Å². The average molecular weight is 675 g/mol. The van der Waals surface area contributed by atoms with Crippen LogP contribution in [0.25, 0.3) is 56.4 Å². The van der Waals surface area contributed by atoms with Crippen LogP contribution in [0.2, 0.25) is 0 Å². The summed E-state index contributed by atoms with van der Waals surface area (Å²) in [6.07, 6.45) is 0. The summed E-state index contributed by atoms with van der Waals surface area (Å²) in [6, 6.07) is 49.0. The highest BCUT2D eigenvalue weighted by molar-refractivity contribution is 7.99. The van der Waals surface area contributed by atoms with Gasteiger partial charge in [-0.15, -0.1) is 0 Å². The molecule has 0 unspecified atom stereocenters. The van der Waals surface area contributed by atoms with Crippen LogP contribution in [0.5, 0.6) is 0 Å². The molecule has 0 bridgehead atoms. The summed E-state index contributed by atoms with van der Waals surface area (Å²) in [5.74, 6) is 1.91. The van der Waals surface area contributed by atoms with E-state index < -0.39 is 0 Å². The number of nitriles is 1. The standard InChI is InChI=1S/C46H34N4S/c1-45(2)36-19-11-10-17-33(36)34-23-21-30(25-39(34)45)43-48-42(28-13-6-5-7-14-28)49-44(50-43)35-18-9-8-16-32(35)29-22-24-37-40(26-29)51-41-31(27-47)15-12-20-38(41)46(37,3)4/h5-26H,1-4H3. The average Bonchev–Trinajstić information content (AvgIpc) is 3.40. The molecule has 1 aliphatic heterocycles. The molecule has 2 aliphatic rings. The first-order chi connectivity index (χ1) is 24.7. The van der Waals surface area contributed by atoms with Crippen LogP contribution >= 0.6 is 11.8 Å².